The van der Waals surface area contributed by atoms with Crippen molar-refractivity contribution < 1.29 is 4.52 Å². The predicted octanol–water partition coefficient (Wildman–Crippen LogP) is 1.83. The van der Waals surface area contributed by atoms with Crippen LogP contribution in [0, 0.1) is 6.92 Å². The number of rotatable bonds is 3. The molecule has 0 spiro atoms. The number of hydrogen-bond acceptors (Lipinski definition) is 5. The van der Waals surface area contributed by atoms with Crippen molar-refractivity contribution in [2.24, 2.45) is 12.8 Å². The Morgan fingerprint density at radius 3 is 2.80 bits per heavy atom. The van der Waals surface area contributed by atoms with Gasteiger partial charge in [-0.1, -0.05) is 29.4 Å². The van der Waals surface area contributed by atoms with Crippen molar-refractivity contribution in [3.05, 3.63) is 53.7 Å². The highest BCUT2D eigenvalue weighted by Crippen LogP contribution is 2.23. The molecule has 20 heavy (non-hydrogen) atoms. The molecule has 6 nitrogen and oxygen atoms in total. The van der Waals surface area contributed by atoms with Gasteiger partial charge in [0.05, 0.1) is 6.20 Å². The summed E-state index contributed by atoms with van der Waals surface area (Å²) >= 11 is 0. The van der Waals surface area contributed by atoms with Gasteiger partial charge in [-0.2, -0.15) is 10.1 Å². The average molecular weight is 269 g/mol. The molecular formula is C14H15N5O. The van der Waals surface area contributed by atoms with E-state index in [1.165, 1.54) is 0 Å². The zero-order chi connectivity index (χ0) is 14.1. The number of hydrogen-bond donors (Lipinski definition) is 1. The fourth-order valence-corrected chi connectivity index (χ4v) is 2.04. The molecule has 0 amide bonds. The molecule has 0 aliphatic carbocycles. The van der Waals surface area contributed by atoms with Crippen LogP contribution in [0.25, 0.3) is 11.4 Å². The van der Waals surface area contributed by atoms with Crippen molar-refractivity contribution in [1.82, 2.24) is 19.9 Å². The molecule has 1 unspecified atom stereocenters. The maximum absolute atomic E-state index is 6.11. The van der Waals surface area contributed by atoms with Crippen LogP contribution >= 0.6 is 0 Å². The summed E-state index contributed by atoms with van der Waals surface area (Å²) in [7, 11) is 1.84. The van der Waals surface area contributed by atoms with E-state index in [2.05, 4.69) is 15.2 Å². The maximum atomic E-state index is 6.11. The lowest BCUT2D eigenvalue weighted by molar-refractivity contribution is 0.367. The van der Waals surface area contributed by atoms with Crippen molar-refractivity contribution >= 4 is 0 Å². The van der Waals surface area contributed by atoms with Crippen molar-refractivity contribution in [2.75, 3.05) is 0 Å². The Hall–Kier alpha value is -2.47. The van der Waals surface area contributed by atoms with Crippen LogP contribution in [0.3, 0.4) is 0 Å². The molecule has 3 aromatic rings. The summed E-state index contributed by atoms with van der Waals surface area (Å²) in [6.07, 6.45) is 3.53. The SMILES string of the molecule is Cc1ccccc1-c1noc(C(N)c2cnn(C)c2)n1. The minimum atomic E-state index is -0.464. The highest BCUT2D eigenvalue weighted by molar-refractivity contribution is 5.59. The summed E-state index contributed by atoms with van der Waals surface area (Å²) in [5, 5.41) is 8.10. The van der Waals surface area contributed by atoms with E-state index in [0.29, 0.717) is 11.7 Å². The Labute approximate surface area is 116 Å². The van der Waals surface area contributed by atoms with Gasteiger partial charge < -0.3 is 10.3 Å². The second-order valence-electron chi connectivity index (χ2n) is 4.70. The second-order valence-corrected chi connectivity index (χ2v) is 4.70. The largest absolute Gasteiger partial charge is 0.337 e. The Bertz CT molecular complexity index is 731. The third kappa shape index (κ3) is 2.21. The monoisotopic (exact) mass is 269 g/mol. The van der Waals surface area contributed by atoms with E-state index in [1.54, 1.807) is 10.9 Å². The van der Waals surface area contributed by atoms with Gasteiger partial charge in [-0.3, -0.25) is 4.68 Å². The van der Waals surface area contributed by atoms with Crippen molar-refractivity contribution in [2.45, 2.75) is 13.0 Å². The number of aromatic nitrogens is 4. The van der Waals surface area contributed by atoms with Crippen LogP contribution in [-0.4, -0.2) is 19.9 Å². The van der Waals surface area contributed by atoms with E-state index >= 15 is 0 Å². The fraction of sp³-hybridized carbons (Fsp3) is 0.214. The van der Waals surface area contributed by atoms with Gasteiger partial charge in [0.15, 0.2) is 0 Å². The summed E-state index contributed by atoms with van der Waals surface area (Å²) in [5.41, 5.74) is 8.99. The first kappa shape index (κ1) is 12.6. The van der Waals surface area contributed by atoms with Crippen LogP contribution in [0.4, 0.5) is 0 Å². The molecule has 2 heterocycles. The summed E-state index contributed by atoms with van der Waals surface area (Å²) in [4.78, 5) is 4.39. The van der Waals surface area contributed by atoms with Crippen LogP contribution in [0.5, 0.6) is 0 Å². The van der Waals surface area contributed by atoms with Crippen molar-refractivity contribution in [3.63, 3.8) is 0 Å². The third-order valence-corrected chi connectivity index (χ3v) is 3.18. The summed E-state index contributed by atoms with van der Waals surface area (Å²) in [6, 6.07) is 7.42. The van der Waals surface area contributed by atoms with E-state index in [-0.39, 0.29) is 0 Å². The first-order valence-electron chi connectivity index (χ1n) is 6.29. The standard InChI is InChI=1S/C14H15N5O/c1-9-5-3-4-6-11(9)13-17-14(20-18-13)12(15)10-7-16-19(2)8-10/h3-8,12H,15H2,1-2H3. The van der Waals surface area contributed by atoms with Gasteiger partial charge >= 0.3 is 0 Å². The zero-order valence-corrected chi connectivity index (χ0v) is 11.3. The summed E-state index contributed by atoms with van der Waals surface area (Å²) in [6.45, 7) is 2.01. The Morgan fingerprint density at radius 1 is 1.30 bits per heavy atom. The molecule has 2 N–H and O–H groups in total. The molecule has 1 atom stereocenters. The average Bonchev–Trinajstić information content (AvgIpc) is 3.07. The lowest BCUT2D eigenvalue weighted by Crippen LogP contribution is -2.11. The smallest absolute Gasteiger partial charge is 0.248 e. The molecule has 3 rings (SSSR count). The zero-order valence-electron chi connectivity index (χ0n) is 11.3. The molecule has 0 aliphatic heterocycles. The van der Waals surface area contributed by atoms with Gasteiger partial charge in [-0.15, -0.1) is 0 Å². The van der Waals surface area contributed by atoms with Crippen LogP contribution in [0.2, 0.25) is 0 Å². The molecule has 102 valence electrons. The number of nitrogens with zero attached hydrogens (tertiary/aromatic N) is 4. The van der Waals surface area contributed by atoms with Crippen molar-refractivity contribution in [1.29, 1.82) is 0 Å². The minimum absolute atomic E-state index is 0.385. The molecule has 0 aliphatic rings. The van der Waals surface area contributed by atoms with Gasteiger partial charge in [0.1, 0.15) is 6.04 Å². The van der Waals surface area contributed by atoms with Gasteiger partial charge in [-0.25, -0.2) is 0 Å². The molecule has 0 saturated carbocycles. The van der Waals surface area contributed by atoms with Crippen LogP contribution in [0.1, 0.15) is 23.1 Å². The van der Waals surface area contributed by atoms with Gasteiger partial charge in [-0.05, 0) is 12.5 Å². The highest BCUT2D eigenvalue weighted by Gasteiger charge is 2.19. The molecule has 2 aromatic heterocycles. The normalized spacial score (nSPS) is 12.6. The first-order chi connectivity index (χ1) is 9.65. The van der Waals surface area contributed by atoms with Crippen molar-refractivity contribution in [3.8, 4) is 11.4 Å². The van der Waals surface area contributed by atoms with Gasteiger partial charge in [0.2, 0.25) is 11.7 Å². The van der Waals surface area contributed by atoms with Crippen LogP contribution < -0.4 is 5.73 Å². The molecule has 0 saturated heterocycles. The lowest BCUT2D eigenvalue weighted by Gasteiger charge is -2.02. The highest BCUT2D eigenvalue weighted by atomic mass is 16.5. The lowest BCUT2D eigenvalue weighted by atomic mass is 10.1. The number of benzene rings is 1. The second kappa shape index (κ2) is 4.90. The molecular weight excluding hydrogens is 254 g/mol. The Balaban J connectivity index is 1.93. The summed E-state index contributed by atoms with van der Waals surface area (Å²) < 4.78 is 6.96. The van der Waals surface area contributed by atoms with Gasteiger partial charge in [0, 0.05) is 24.4 Å². The third-order valence-electron chi connectivity index (χ3n) is 3.18. The molecule has 6 heteroatoms. The summed E-state index contributed by atoms with van der Waals surface area (Å²) in [5.74, 6) is 0.939. The van der Waals surface area contributed by atoms with E-state index in [9.17, 15) is 0 Å². The topological polar surface area (TPSA) is 82.8 Å². The molecule has 0 bridgehead atoms. The van der Waals surface area contributed by atoms with E-state index < -0.39 is 6.04 Å². The predicted molar refractivity (Wildman–Crippen MR) is 73.7 cm³/mol. The van der Waals surface area contributed by atoms with Crippen LogP contribution in [0.15, 0.2) is 41.2 Å². The van der Waals surface area contributed by atoms with E-state index in [0.717, 1.165) is 16.7 Å². The minimum Gasteiger partial charge on any atom is -0.337 e. The van der Waals surface area contributed by atoms with E-state index in [1.807, 2.05) is 44.4 Å². The molecule has 0 radical (unpaired) electrons. The first-order valence-corrected chi connectivity index (χ1v) is 6.29. The number of nitrogens with two attached hydrogens (primary N) is 1. The quantitative estimate of drug-likeness (QED) is 0.784. The molecule has 1 aromatic carbocycles. The van der Waals surface area contributed by atoms with Gasteiger partial charge in [0.25, 0.3) is 0 Å². The molecule has 0 fully saturated rings. The Morgan fingerprint density at radius 2 is 2.10 bits per heavy atom. The Kier molecular flexibility index (Phi) is 3.08. The van der Waals surface area contributed by atoms with Crippen LogP contribution in [-0.2, 0) is 7.05 Å². The van der Waals surface area contributed by atoms with E-state index in [4.69, 9.17) is 10.3 Å². The maximum Gasteiger partial charge on any atom is 0.248 e. The number of aryl methyl sites for hydroxylation is 2. The fourth-order valence-electron chi connectivity index (χ4n) is 2.04.